The number of hydrogen-bond donors (Lipinski definition) is 1. The lowest BCUT2D eigenvalue weighted by Gasteiger charge is -2.48. The fourth-order valence-electron chi connectivity index (χ4n) is 5.26. The molecule has 36 heavy (non-hydrogen) atoms. The molecule has 0 saturated carbocycles. The number of nitrogens with zero attached hydrogens (tertiary/aromatic N) is 4. The maximum absolute atomic E-state index is 14.2. The molecule has 1 aliphatic rings. The van der Waals surface area contributed by atoms with E-state index in [4.69, 9.17) is 4.74 Å². The van der Waals surface area contributed by atoms with Gasteiger partial charge in [-0.25, -0.2) is 18.4 Å². The van der Waals surface area contributed by atoms with Gasteiger partial charge in [0, 0.05) is 44.0 Å². The number of ether oxygens (including phenoxy) is 1. The highest BCUT2D eigenvalue weighted by Gasteiger charge is 2.49. The van der Waals surface area contributed by atoms with Gasteiger partial charge in [0.25, 0.3) is 5.56 Å². The van der Waals surface area contributed by atoms with Crippen LogP contribution in [0.4, 0.5) is 8.78 Å². The molecule has 5 rings (SSSR count). The molecule has 1 N–H and O–H groups in total. The molecule has 4 aromatic rings. The third-order valence-electron chi connectivity index (χ3n) is 6.97. The van der Waals surface area contributed by atoms with Crippen molar-refractivity contribution < 1.29 is 13.5 Å². The maximum atomic E-state index is 14.2. The van der Waals surface area contributed by atoms with E-state index in [9.17, 15) is 13.6 Å². The molecule has 1 saturated heterocycles. The summed E-state index contributed by atoms with van der Waals surface area (Å²) < 4.78 is 37.4. The number of rotatable bonds is 6. The van der Waals surface area contributed by atoms with Crippen LogP contribution < -0.4 is 15.6 Å². The van der Waals surface area contributed by atoms with Crippen LogP contribution in [0, 0.1) is 11.6 Å². The molecule has 2 aromatic heterocycles. The minimum absolute atomic E-state index is 0.00227. The Kier molecular flexibility index (Phi) is 6.40. The summed E-state index contributed by atoms with van der Waals surface area (Å²) in [5, 5.41) is 3.57. The molecular weight excluding hydrogens is 464 g/mol. The van der Waals surface area contributed by atoms with Gasteiger partial charge in [-0.15, -0.1) is 0 Å². The summed E-state index contributed by atoms with van der Waals surface area (Å²) in [7, 11) is 1.82. The minimum Gasteiger partial charge on any atom is -0.421 e. The topological polar surface area (TPSA) is 74.0 Å². The fourth-order valence-corrected chi connectivity index (χ4v) is 5.26. The molecule has 0 amide bonds. The third kappa shape index (κ3) is 4.19. The van der Waals surface area contributed by atoms with E-state index in [0.717, 1.165) is 12.0 Å². The van der Waals surface area contributed by atoms with Crippen LogP contribution in [0.5, 0.6) is 11.8 Å². The smallest absolute Gasteiger partial charge is 0.322 e. The Morgan fingerprint density at radius 2 is 1.89 bits per heavy atom. The van der Waals surface area contributed by atoms with E-state index in [1.54, 1.807) is 52.1 Å². The molecule has 2 aromatic carbocycles. The molecular formula is C27H27F2N5O2. The molecule has 1 fully saturated rings. The van der Waals surface area contributed by atoms with Gasteiger partial charge in [0.05, 0.1) is 5.69 Å². The van der Waals surface area contributed by atoms with Crippen molar-refractivity contribution in [1.29, 1.82) is 0 Å². The van der Waals surface area contributed by atoms with Gasteiger partial charge in [0.1, 0.15) is 11.4 Å². The zero-order valence-corrected chi connectivity index (χ0v) is 20.1. The van der Waals surface area contributed by atoms with Crippen LogP contribution in [0.25, 0.3) is 0 Å². The summed E-state index contributed by atoms with van der Waals surface area (Å²) in [5.74, 6) is -1.20. The van der Waals surface area contributed by atoms with Gasteiger partial charge in [0.15, 0.2) is 11.6 Å². The van der Waals surface area contributed by atoms with Gasteiger partial charge >= 0.3 is 6.01 Å². The minimum atomic E-state index is -0.876. The summed E-state index contributed by atoms with van der Waals surface area (Å²) in [6.45, 7) is 2.59. The van der Waals surface area contributed by atoms with E-state index < -0.39 is 11.4 Å². The molecule has 1 aliphatic heterocycles. The van der Waals surface area contributed by atoms with Crippen LogP contribution in [-0.2, 0) is 12.6 Å². The number of aryl methyl sites for hydroxylation is 1. The first kappa shape index (κ1) is 23.9. The van der Waals surface area contributed by atoms with E-state index in [1.807, 2.05) is 7.05 Å². The average Bonchev–Trinajstić information content (AvgIpc) is 3.23. The van der Waals surface area contributed by atoms with E-state index in [1.165, 1.54) is 30.3 Å². The molecule has 3 heterocycles. The molecule has 9 heteroatoms. The first-order valence-electron chi connectivity index (χ1n) is 11.9. The molecule has 3 atom stereocenters. The van der Waals surface area contributed by atoms with Crippen molar-refractivity contribution >= 4 is 0 Å². The van der Waals surface area contributed by atoms with Crippen LogP contribution in [0.1, 0.15) is 36.9 Å². The van der Waals surface area contributed by atoms with Crippen LogP contribution in [-0.4, -0.2) is 31.9 Å². The molecule has 0 spiro atoms. The van der Waals surface area contributed by atoms with Crippen LogP contribution in [0.2, 0.25) is 0 Å². The second-order valence-electron chi connectivity index (χ2n) is 9.04. The summed E-state index contributed by atoms with van der Waals surface area (Å²) in [5.41, 5.74) is 0.377. The number of para-hydroxylation sites is 1. The Bertz CT molecular complexity index is 1420. The predicted molar refractivity (Wildman–Crippen MR) is 131 cm³/mol. The van der Waals surface area contributed by atoms with Gasteiger partial charge in [-0.3, -0.25) is 9.48 Å². The summed E-state index contributed by atoms with van der Waals surface area (Å²) >= 11 is 0. The highest BCUT2D eigenvalue weighted by atomic mass is 19.1. The lowest BCUT2D eigenvalue weighted by Crippen LogP contribution is -2.58. The second kappa shape index (κ2) is 9.66. The Balaban J connectivity index is 1.68. The van der Waals surface area contributed by atoms with E-state index in [-0.39, 0.29) is 35.1 Å². The Morgan fingerprint density at radius 3 is 2.58 bits per heavy atom. The zero-order chi connectivity index (χ0) is 25.3. The highest BCUT2D eigenvalue weighted by molar-refractivity contribution is 5.35. The number of hydrogen-bond acceptors (Lipinski definition) is 5. The normalized spacial score (nSPS) is 21.9. The SMILES string of the molecule is CCC1CC(c2ccc(F)cc2)(n2c(=O)ccn2C)C(c2ccnc(Oc3ccccc3F)n2)CN1. The van der Waals surface area contributed by atoms with Crippen molar-refractivity contribution in [1.82, 2.24) is 24.6 Å². The lowest BCUT2D eigenvalue weighted by atomic mass is 9.69. The van der Waals surface area contributed by atoms with Gasteiger partial charge in [0.2, 0.25) is 0 Å². The number of halogens is 2. The number of nitrogens with one attached hydrogen (secondary N) is 1. The molecule has 7 nitrogen and oxygen atoms in total. The van der Waals surface area contributed by atoms with Gasteiger partial charge < -0.3 is 10.1 Å². The van der Waals surface area contributed by atoms with Crippen molar-refractivity contribution in [3.8, 4) is 11.8 Å². The first-order valence-corrected chi connectivity index (χ1v) is 11.9. The summed E-state index contributed by atoms with van der Waals surface area (Å²) in [6, 6.07) is 15.8. The standard InChI is InChI=1S/C27H27F2N5O2/c1-3-20-16-27(18-8-10-19(28)11-9-18,34-25(35)13-15-33(34)2)21(17-31-20)23-12-14-30-26(32-23)36-24-7-5-4-6-22(24)29/h4-15,20-21,31H,3,16-17H2,1-2H3. The molecule has 0 aliphatic carbocycles. The monoisotopic (exact) mass is 491 g/mol. The molecule has 186 valence electrons. The average molecular weight is 492 g/mol. The van der Waals surface area contributed by atoms with Crippen LogP contribution >= 0.6 is 0 Å². The van der Waals surface area contributed by atoms with Gasteiger partial charge in [-0.2, -0.15) is 4.98 Å². The molecule has 3 unspecified atom stereocenters. The van der Waals surface area contributed by atoms with Crippen molar-refractivity contribution in [2.24, 2.45) is 7.05 Å². The lowest BCUT2D eigenvalue weighted by molar-refractivity contribution is 0.139. The Labute approximate surface area is 207 Å². The van der Waals surface area contributed by atoms with Gasteiger partial charge in [-0.05, 0) is 48.7 Å². The van der Waals surface area contributed by atoms with Crippen molar-refractivity contribution in [3.05, 3.63) is 106 Å². The zero-order valence-electron chi connectivity index (χ0n) is 20.1. The van der Waals surface area contributed by atoms with Crippen molar-refractivity contribution in [3.63, 3.8) is 0 Å². The number of benzene rings is 2. The van der Waals surface area contributed by atoms with Gasteiger partial charge in [-0.1, -0.05) is 31.2 Å². The highest BCUT2D eigenvalue weighted by Crippen LogP contribution is 2.45. The summed E-state index contributed by atoms with van der Waals surface area (Å²) in [6.07, 6.45) is 4.71. The first-order chi connectivity index (χ1) is 17.4. The van der Waals surface area contributed by atoms with Crippen molar-refractivity contribution in [2.75, 3.05) is 6.54 Å². The largest absolute Gasteiger partial charge is 0.421 e. The van der Waals surface area contributed by atoms with E-state index in [0.29, 0.717) is 18.7 Å². The maximum Gasteiger partial charge on any atom is 0.322 e. The van der Waals surface area contributed by atoms with E-state index in [2.05, 4.69) is 22.2 Å². The molecule has 0 bridgehead atoms. The predicted octanol–water partition coefficient (Wildman–Crippen LogP) is 4.35. The summed E-state index contributed by atoms with van der Waals surface area (Å²) in [4.78, 5) is 22.1. The van der Waals surface area contributed by atoms with E-state index >= 15 is 0 Å². The van der Waals surface area contributed by atoms with Crippen molar-refractivity contribution in [2.45, 2.75) is 37.3 Å². The van der Waals surface area contributed by atoms with Crippen LogP contribution in [0.3, 0.4) is 0 Å². The second-order valence-corrected chi connectivity index (χ2v) is 9.04. The fraction of sp³-hybridized carbons (Fsp3) is 0.296. The third-order valence-corrected chi connectivity index (χ3v) is 6.97. The number of piperidine rings is 1. The molecule has 0 radical (unpaired) electrons. The number of aromatic nitrogens is 4. The Hall–Kier alpha value is -3.85. The van der Waals surface area contributed by atoms with Crippen LogP contribution in [0.15, 0.2) is 77.9 Å². The Morgan fingerprint density at radius 1 is 1.11 bits per heavy atom. The quantitative estimate of drug-likeness (QED) is 0.434.